The van der Waals surface area contributed by atoms with Gasteiger partial charge in [0.1, 0.15) is 6.04 Å². The van der Waals surface area contributed by atoms with Gasteiger partial charge in [-0.2, -0.15) is 0 Å². The quantitative estimate of drug-likeness (QED) is 0.313. The minimum atomic E-state index is -0.660. The van der Waals surface area contributed by atoms with E-state index in [-0.39, 0.29) is 30.2 Å². The van der Waals surface area contributed by atoms with E-state index in [1.54, 1.807) is 11.0 Å². The van der Waals surface area contributed by atoms with Crippen LogP contribution in [0.2, 0.25) is 10.0 Å². The van der Waals surface area contributed by atoms with Crippen LogP contribution in [-0.4, -0.2) is 34.6 Å². The molecule has 0 fully saturated rings. The highest BCUT2D eigenvalue weighted by Crippen LogP contribution is 2.23. The molecule has 0 aliphatic heterocycles. The molecule has 0 saturated heterocycles. The highest BCUT2D eigenvalue weighted by atomic mass is 35.5. The molecule has 184 valence electrons. The van der Waals surface area contributed by atoms with Gasteiger partial charge in [-0.25, -0.2) is 0 Å². The third-order valence-corrected chi connectivity index (χ3v) is 6.95. The summed E-state index contributed by atoms with van der Waals surface area (Å²) in [7, 11) is 0. The molecule has 1 unspecified atom stereocenters. The van der Waals surface area contributed by atoms with Crippen molar-refractivity contribution in [3.05, 3.63) is 106 Å². The summed E-state index contributed by atoms with van der Waals surface area (Å²) in [5.74, 6) is 0.557. The number of carbonyl (C=O) groups excluding carboxylic acids is 2. The van der Waals surface area contributed by atoms with Gasteiger partial charge in [0.05, 0.1) is 5.75 Å². The molecule has 4 nitrogen and oxygen atoms in total. The average molecular weight is 530 g/mol. The van der Waals surface area contributed by atoms with E-state index in [9.17, 15) is 9.59 Å². The Labute approximate surface area is 222 Å². The highest BCUT2D eigenvalue weighted by Gasteiger charge is 2.30. The second-order valence-corrected chi connectivity index (χ2v) is 10.4. The van der Waals surface area contributed by atoms with Crippen molar-refractivity contribution in [1.82, 2.24) is 10.2 Å². The number of rotatable bonds is 11. The lowest BCUT2D eigenvalue weighted by Gasteiger charge is -2.32. The van der Waals surface area contributed by atoms with Crippen LogP contribution in [0.15, 0.2) is 78.9 Å². The second-order valence-electron chi connectivity index (χ2n) is 8.60. The lowest BCUT2D eigenvalue weighted by Crippen LogP contribution is -2.52. The first-order valence-corrected chi connectivity index (χ1v) is 13.4. The molecular weight excluding hydrogens is 499 g/mol. The molecule has 3 aromatic carbocycles. The van der Waals surface area contributed by atoms with Gasteiger partial charge in [-0.1, -0.05) is 83.9 Å². The Balaban J connectivity index is 1.85. The Hall–Kier alpha value is -2.47. The Bertz CT molecular complexity index is 1120. The van der Waals surface area contributed by atoms with Crippen LogP contribution in [-0.2, 0) is 28.3 Å². The van der Waals surface area contributed by atoms with Crippen LogP contribution in [0.5, 0.6) is 0 Å². The third-order valence-electron chi connectivity index (χ3n) is 5.38. The largest absolute Gasteiger partial charge is 0.352 e. The molecule has 0 heterocycles. The van der Waals surface area contributed by atoms with Crippen molar-refractivity contribution in [2.24, 2.45) is 0 Å². The van der Waals surface area contributed by atoms with Crippen molar-refractivity contribution < 1.29 is 9.59 Å². The minimum absolute atomic E-state index is 0.0431. The smallest absolute Gasteiger partial charge is 0.243 e. The number of nitrogens with one attached hydrogen (secondary N) is 1. The van der Waals surface area contributed by atoms with Crippen LogP contribution < -0.4 is 5.32 Å². The number of benzene rings is 3. The van der Waals surface area contributed by atoms with E-state index in [0.717, 1.165) is 16.7 Å². The van der Waals surface area contributed by atoms with Crippen LogP contribution >= 0.6 is 35.0 Å². The van der Waals surface area contributed by atoms with E-state index < -0.39 is 6.04 Å². The molecular formula is C28H30Cl2N2O2S. The first kappa shape index (κ1) is 27.1. The minimum Gasteiger partial charge on any atom is -0.352 e. The van der Waals surface area contributed by atoms with Crippen molar-refractivity contribution in [3.63, 3.8) is 0 Å². The van der Waals surface area contributed by atoms with E-state index in [2.05, 4.69) is 5.32 Å². The first-order chi connectivity index (χ1) is 16.8. The van der Waals surface area contributed by atoms with E-state index >= 15 is 0 Å². The van der Waals surface area contributed by atoms with Crippen LogP contribution in [0.4, 0.5) is 0 Å². The SMILES string of the molecule is CC(C)NC(=O)C(Cc1ccccc1)N(Cc1cccc(Cl)c1)C(=O)CSCc1ccccc1Cl. The fourth-order valence-electron chi connectivity index (χ4n) is 3.71. The molecule has 1 atom stereocenters. The van der Waals surface area contributed by atoms with Gasteiger partial charge in [0.2, 0.25) is 11.8 Å². The lowest BCUT2D eigenvalue weighted by molar-refractivity contribution is -0.139. The summed E-state index contributed by atoms with van der Waals surface area (Å²) in [5.41, 5.74) is 2.84. The summed E-state index contributed by atoms with van der Waals surface area (Å²) in [6, 6.07) is 24.1. The number of amides is 2. The van der Waals surface area contributed by atoms with Gasteiger partial charge in [-0.3, -0.25) is 9.59 Å². The molecule has 0 aliphatic carbocycles. The van der Waals surface area contributed by atoms with Gasteiger partial charge in [0.15, 0.2) is 0 Å². The number of halogens is 2. The number of hydrogen-bond acceptors (Lipinski definition) is 3. The Morgan fingerprint density at radius 2 is 1.60 bits per heavy atom. The van der Waals surface area contributed by atoms with E-state index in [1.807, 2.05) is 86.6 Å². The molecule has 2 amide bonds. The molecule has 0 saturated carbocycles. The average Bonchev–Trinajstić information content (AvgIpc) is 2.82. The zero-order chi connectivity index (χ0) is 25.2. The van der Waals surface area contributed by atoms with Crippen LogP contribution in [0.3, 0.4) is 0 Å². The normalized spacial score (nSPS) is 11.8. The van der Waals surface area contributed by atoms with E-state index in [1.165, 1.54) is 11.8 Å². The van der Waals surface area contributed by atoms with Crippen molar-refractivity contribution >= 4 is 46.8 Å². The zero-order valence-electron chi connectivity index (χ0n) is 19.9. The molecule has 3 aromatic rings. The van der Waals surface area contributed by atoms with Crippen LogP contribution in [0, 0.1) is 0 Å². The van der Waals surface area contributed by atoms with Gasteiger partial charge < -0.3 is 10.2 Å². The third kappa shape index (κ3) is 8.60. The van der Waals surface area contributed by atoms with Crippen molar-refractivity contribution in [2.75, 3.05) is 5.75 Å². The van der Waals surface area contributed by atoms with Gasteiger partial charge >= 0.3 is 0 Å². The number of carbonyl (C=O) groups is 2. The molecule has 7 heteroatoms. The predicted molar refractivity (Wildman–Crippen MR) is 147 cm³/mol. The van der Waals surface area contributed by atoms with Crippen molar-refractivity contribution in [1.29, 1.82) is 0 Å². The van der Waals surface area contributed by atoms with Crippen molar-refractivity contribution in [2.45, 2.75) is 44.6 Å². The summed E-state index contributed by atoms with van der Waals surface area (Å²) < 4.78 is 0. The molecule has 0 aromatic heterocycles. The maximum atomic E-state index is 13.6. The van der Waals surface area contributed by atoms with Crippen molar-refractivity contribution in [3.8, 4) is 0 Å². The zero-order valence-corrected chi connectivity index (χ0v) is 22.2. The molecule has 0 bridgehead atoms. The Morgan fingerprint density at radius 1 is 0.914 bits per heavy atom. The van der Waals surface area contributed by atoms with Gasteiger partial charge in [0, 0.05) is 34.8 Å². The Morgan fingerprint density at radius 3 is 2.29 bits per heavy atom. The maximum Gasteiger partial charge on any atom is 0.243 e. The number of hydrogen-bond donors (Lipinski definition) is 1. The second kappa shape index (κ2) is 13.6. The molecule has 1 N–H and O–H groups in total. The van der Waals surface area contributed by atoms with Crippen LogP contribution in [0.25, 0.3) is 0 Å². The standard InChI is InChI=1S/C28H30Cl2N2O2S/c1-20(2)31-28(34)26(16-21-9-4-3-5-10-21)32(17-22-11-8-13-24(29)15-22)27(33)19-35-18-23-12-6-7-14-25(23)30/h3-15,20,26H,16-19H2,1-2H3,(H,31,34). The molecule has 35 heavy (non-hydrogen) atoms. The monoisotopic (exact) mass is 528 g/mol. The van der Waals surface area contributed by atoms with Gasteiger partial charge in [-0.15, -0.1) is 11.8 Å². The van der Waals surface area contributed by atoms with E-state index in [4.69, 9.17) is 23.2 Å². The molecule has 3 rings (SSSR count). The summed E-state index contributed by atoms with van der Waals surface area (Å²) >= 11 is 14.0. The molecule has 0 aliphatic rings. The summed E-state index contributed by atoms with van der Waals surface area (Å²) in [6.07, 6.45) is 0.418. The molecule has 0 radical (unpaired) electrons. The fourth-order valence-corrected chi connectivity index (χ4v) is 5.12. The van der Waals surface area contributed by atoms with Gasteiger partial charge in [0.25, 0.3) is 0 Å². The molecule has 0 spiro atoms. The van der Waals surface area contributed by atoms with Gasteiger partial charge in [-0.05, 0) is 48.7 Å². The number of nitrogens with zero attached hydrogens (tertiary/aromatic N) is 1. The summed E-state index contributed by atoms with van der Waals surface area (Å²) in [5, 5.41) is 4.28. The van der Waals surface area contributed by atoms with Crippen LogP contribution in [0.1, 0.15) is 30.5 Å². The topological polar surface area (TPSA) is 49.4 Å². The lowest BCUT2D eigenvalue weighted by atomic mass is 10.0. The number of thioether (sulfide) groups is 1. The maximum absolute atomic E-state index is 13.6. The van der Waals surface area contributed by atoms with E-state index in [0.29, 0.717) is 22.2 Å². The fraction of sp³-hybridized carbons (Fsp3) is 0.286. The Kier molecular flexibility index (Phi) is 10.5. The first-order valence-electron chi connectivity index (χ1n) is 11.5. The summed E-state index contributed by atoms with van der Waals surface area (Å²) in [6.45, 7) is 4.12. The predicted octanol–water partition coefficient (Wildman–Crippen LogP) is 6.39. The summed E-state index contributed by atoms with van der Waals surface area (Å²) in [4.78, 5) is 28.6. The highest BCUT2D eigenvalue weighted by molar-refractivity contribution is 7.99.